The van der Waals surface area contributed by atoms with Crippen molar-refractivity contribution in [1.29, 1.82) is 0 Å². The summed E-state index contributed by atoms with van der Waals surface area (Å²) in [5, 5.41) is 0. The molecule has 0 spiro atoms. The maximum absolute atomic E-state index is 11.6. The number of hydrogen-bond acceptors (Lipinski definition) is 5. The summed E-state index contributed by atoms with van der Waals surface area (Å²) in [5.74, 6) is 0.0796. The average Bonchev–Trinajstić information content (AvgIpc) is 2.79. The summed E-state index contributed by atoms with van der Waals surface area (Å²) < 4.78 is 17.6. The lowest BCUT2D eigenvalue weighted by atomic mass is 10.0. The molecule has 0 aliphatic rings. The Morgan fingerprint density at radius 1 is 0.743 bits per heavy atom. The fourth-order valence-electron chi connectivity index (χ4n) is 4.11. The molecule has 0 saturated heterocycles. The fourth-order valence-corrected chi connectivity index (χ4v) is 4.81. The highest BCUT2D eigenvalue weighted by molar-refractivity contribution is 7.40. The van der Waals surface area contributed by atoms with Gasteiger partial charge in [0.1, 0.15) is 5.78 Å². The lowest BCUT2D eigenvalue weighted by molar-refractivity contribution is -0.870. The van der Waals surface area contributed by atoms with Crippen molar-refractivity contribution >= 4 is 14.4 Å². The third-order valence-corrected chi connectivity index (χ3v) is 6.94. The van der Waals surface area contributed by atoms with Crippen molar-refractivity contribution < 1.29 is 28.0 Å². The highest BCUT2D eigenvalue weighted by atomic mass is 31.2. The fraction of sp³-hybridized carbons (Fsp3) is 0.964. The van der Waals surface area contributed by atoms with Gasteiger partial charge >= 0.3 is 8.60 Å². The van der Waals surface area contributed by atoms with E-state index in [9.17, 15) is 9.69 Å². The average molecular weight is 521 g/mol. The van der Waals surface area contributed by atoms with Crippen molar-refractivity contribution in [3.8, 4) is 0 Å². The van der Waals surface area contributed by atoms with E-state index < -0.39 is 8.60 Å². The Balaban J connectivity index is 3.65. The molecule has 0 fully saturated rings. The van der Waals surface area contributed by atoms with Gasteiger partial charge in [-0.2, -0.15) is 0 Å². The number of ether oxygens (including phenoxy) is 1. The molecule has 0 heterocycles. The van der Waals surface area contributed by atoms with E-state index in [1.54, 1.807) is 6.92 Å². The van der Waals surface area contributed by atoms with E-state index >= 15 is 0 Å². The van der Waals surface area contributed by atoms with Crippen molar-refractivity contribution in [3.63, 3.8) is 0 Å². The number of quaternary nitrogens is 1. The molecule has 0 rings (SSSR count). The summed E-state index contributed by atoms with van der Waals surface area (Å²) >= 11 is 0. The van der Waals surface area contributed by atoms with Crippen LogP contribution in [0.25, 0.3) is 0 Å². The van der Waals surface area contributed by atoms with E-state index in [0.29, 0.717) is 19.6 Å². The van der Waals surface area contributed by atoms with Gasteiger partial charge in [0.15, 0.2) is 0 Å². The van der Waals surface area contributed by atoms with Crippen LogP contribution in [0.2, 0.25) is 0 Å². The number of unbranched alkanes of at least 4 members (excludes halogenated alkanes) is 13. The third kappa shape index (κ3) is 28.3. The Kier molecular flexibility index (Phi) is 24.2. The third-order valence-electron chi connectivity index (χ3n) is 6.17. The topological polar surface area (TPSA) is 65.0 Å². The largest absolute Gasteiger partial charge is 0.381 e. The molecule has 1 N–H and O–H groups in total. The molecule has 35 heavy (non-hydrogen) atoms. The van der Waals surface area contributed by atoms with Crippen LogP contribution >= 0.6 is 8.60 Å². The second-order valence-corrected chi connectivity index (χ2v) is 12.2. The lowest BCUT2D eigenvalue weighted by Crippen LogP contribution is -2.35. The molecule has 0 bridgehead atoms. The number of carbonyl (C=O) groups is 1. The summed E-state index contributed by atoms with van der Waals surface area (Å²) in [4.78, 5) is 21.5. The number of nitrogens with zero attached hydrogens (tertiary/aromatic N) is 1. The molecule has 0 aromatic rings. The molecule has 210 valence electrons. The van der Waals surface area contributed by atoms with Gasteiger partial charge in [-0.3, -0.25) is 0 Å². The molecule has 0 aromatic heterocycles. The number of ketones is 1. The minimum Gasteiger partial charge on any atom is -0.381 e. The van der Waals surface area contributed by atoms with Gasteiger partial charge in [0.25, 0.3) is 0 Å². The van der Waals surface area contributed by atoms with Crippen LogP contribution in [-0.2, 0) is 18.6 Å². The first kappa shape index (κ1) is 34.9. The van der Waals surface area contributed by atoms with Crippen LogP contribution in [0.1, 0.15) is 117 Å². The van der Waals surface area contributed by atoms with Crippen LogP contribution in [0.15, 0.2) is 0 Å². The minimum absolute atomic E-state index is 0.0360. The van der Waals surface area contributed by atoms with Crippen molar-refractivity contribution in [3.05, 3.63) is 0 Å². The molecule has 0 aliphatic carbocycles. The second kappa shape index (κ2) is 24.2. The minimum atomic E-state index is -1.90. The van der Waals surface area contributed by atoms with Gasteiger partial charge in [-0.25, -0.2) is 0 Å². The van der Waals surface area contributed by atoms with E-state index in [1.165, 1.54) is 83.5 Å². The van der Waals surface area contributed by atoms with Crippen molar-refractivity contribution in [2.45, 2.75) is 117 Å². The smallest absolute Gasteiger partial charge is 0.329 e. The van der Waals surface area contributed by atoms with Gasteiger partial charge in [0, 0.05) is 25.4 Å². The first-order valence-electron chi connectivity index (χ1n) is 14.4. The Morgan fingerprint density at radius 3 is 1.74 bits per heavy atom. The Hall–Kier alpha value is -0.100. The van der Waals surface area contributed by atoms with Gasteiger partial charge in [0.2, 0.25) is 0 Å². The molecule has 6 nitrogen and oxygen atoms in total. The van der Waals surface area contributed by atoms with Crippen LogP contribution in [0.4, 0.5) is 0 Å². The van der Waals surface area contributed by atoms with E-state index in [2.05, 4.69) is 28.1 Å². The van der Waals surface area contributed by atoms with Crippen LogP contribution < -0.4 is 0 Å². The van der Waals surface area contributed by atoms with Gasteiger partial charge in [-0.05, 0) is 13.3 Å². The monoisotopic (exact) mass is 520 g/mol. The number of Topliss-reactive ketones (excluding diaryl/α,β-unsaturated/α-hetero) is 1. The molecular weight excluding hydrogens is 461 g/mol. The van der Waals surface area contributed by atoms with E-state index in [0.717, 1.165) is 30.5 Å². The van der Waals surface area contributed by atoms with E-state index in [-0.39, 0.29) is 18.3 Å². The van der Waals surface area contributed by atoms with Gasteiger partial charge < -0.3 is 28.0 Å². The zero-order valence-corrected chi connectivity index (χ0v) is 24.8. The summed E-state index contributed by atoms with van der Waals surface area (Å²) in [5.41, 5.74) is 0. The van der Waals surface area contributed by atoms with Crippen LogP contribution in [0, 0.1) is 5.92 Å². The maximum Gasteiger partial charge on any atom is 0.329 e. The molecule has 7 heteroatoms. The molecule has 2 unspecified atom stereocenters. The van der Waals surface area contributed by atoms with Crippen LogP contribution in [0.5, 0.6) is 0 Å². The molecule has 2 atom stereocenters. The highest BCUT2D eigenvalue weighted by Gasteiger charge is 2.16. The summed E-state index contributed by atoms with van der Waals surface area (Å²) in [6.45, 7) is 6.81. The predicted molar refractivity (Wildman–Crippen MR) is 148 cm³/mol. The van der Waals surface area contributed by atoms with Crippen molar-refractivity contribution in [2.75, 3.05) is 54.1 Å². The quantitative estimate of drug-likeness (QED) is 0.0693. The molecule has 0 radical (unpaired) electrons. The predicted octanol–water partition coefficient (Wildman–Crippen LogP) is 7.43. The van der Waals surface area contributed by atoms with Gasteiger partial charge in [-0.1, -0.05) is 90.4 Å². The number of hydrogen-bond donors (Lipinski definition) is 1. The number of carbonyl (C=O) groups excluding carboxylic acids is 1. The van der Waals surface area contributed by atoms with Gasteiger partial charge in [-0.15, -0.1) is 0 Å². The molecular formula is C28H59NO5P+. The number of rotatable bonds is 27. The second-order valence-electron chi connectivity index (χ2n) is 11.2. The van der Waals surface area contributed by atoms with Crippen LogP contribution in [0.3, 0.4) is 0 Å². The Bertz CT molecular complexity index is 473. The summed E-state index contributed by atoms with van der Waals surface area (Å²) in [7, 11) is 4.49. The highest BCUT2D eigenvalue weighted by Crippen LogP contribution is 2.33. The van der Waals surface area contributed by atoms with Crippen molar-refractivity contribution in [2.24, 2.45) is 5.92 Å². The SMILES string of the molecule is CCCCCCCCCCCCCCCCOCC(COP(O)OCCC[N+](C)(C)C)CC(C)=O. The van der Waals surface area contributed by atoms with Crippen molar-refractivity contribution in [1.82, 2.24) is 0 Å². The normalized spacial score (nSPS) is 13.8. The molecule has 0 saturated carbocycles. The first-order valence-corrected chi connectivity index (χ1v) is 15.5. The van der Waals surface area contributed by atoms with Crippen LogP contribution in [-0.4, -0.2) is 69.3 Å². The van der Waals surface area contributed by atoms with E-state index in [4.69, 9.17) is 13.8 Å². The summed E-state index contributed by atoms with van der Waals surface area (Å²) in [6, 6.07) is 0. The molecule has 0 amide bonds. The molecule has 0 aromatic carbocycles. The first-order chi connectivity index (χ1) is 16.7. The Labute approximate surface area is 219 Å². The zero-order chi connectivity index (χ0) is 26.2. The lowest BCUT2D eigenvalue weighted by Gasteiger charge is -2.23. The van der Waals surface area contributed by atoms with E-state index in [1.807, 2.05) is 0 Å². The van der Waals surface area contributed by atoms with Gasteiger partial charge in [0.05, 0.1) is 47.5 Å². The standard InChI is InChI=1S/C28H59NO5P/c1-6-7-8-9-10-11-12-13-14-15-16-17-18-19-22-32-25-28(24-27(2)30)26-34-35(31)33-23-20-21-29(3,4)5/h28,31H,6-26H2,1-5H3/q+1. The summed E-state index contributed by atoms with van der Waals surface area (Å²) in [6.07, 6.45) is 20.1. The zero-order valence-electron chi connectivity index (χ0n) is 23.9. The maximum atomic E-state index is 11.6. The molecule has 0 aliphatic heterocycles. The Morgan fingerprint density at radius 2 is 1.26 bits per heavy atom.